The molecule has 27 heavy (non-hydrogen) atoms. The molecule has 0 amide bonds. The zero-order valence-corrected chi connectivity index (χ0v) is 14.1. The van der Waals surface area contributed by atoms with Crippen LogP contribution in [0.5, 0.6) is 0 Å². The Bertz CT molecular complexity index is 811. The number of Topliss-reactive ketones (excluding diaryl/α,β-unsaturated/α-hetero) is 3. The topological polar surface area (TPSA) is 164 Å². The van der Waals surface area contributed by atoms with E-state index in [1.165, 1.54) is 0 Å². The quantitative estimate of drug-likeness (QED) is 0.234. The third-order valence-electron chi connectivity index (χ3n) is 4.03. The summed E-state index contributed by atoms with van der Waals surface area (Å²) >= 11 is 0. The molecular formula is C16H14N2O9. The Labute approximate surface area is 151 Å². The molecule has 11 heteroatoms. The second kappa shape index (κ2) is 7.81. The number of ether oxygens (including phenoxy) is 1. The van der Waals surface area contributed by atoms with Gasteiger partial charge in [-0.2, -0.15) is 0 Å². The van der Waals surface area contributed by atoms with Crippen molar-refractivity contribution in [3.05, 3.63) is 44.0 Å². The Morgan fingerprint density at radius 2 is 1.52 bits per heavy atom. The molecule has 0 saturated heterocycles. The van der Waals surface area contributed by atoms with Gasteiger partial charge in [0.25, 0.3) is 11.4 Å². The minimum atomic E-state index is -1.75. The molecule has 1 saturated carbocycles. The Kier molecular flexibility index (Phi) is 5.73. The molecule has 0 radical (unpaired) electrons. The van der Waals surface area contributed by atoms with Crippen LogP contribution in [0.3, 0.4) is 0 Å². The molecular weight excluding hydrogens is 364 g/mol. The Balaban J connectivity index is 2.34. The highest BCUT2D eigenvalue weighted by atomic mass is 16.6. The van der Waals surface area contributed by atoms with Crippen LogP contribution in [0.4, 0.5) is 11.4 Å². The number of esters is 1. The van der Waals surface area contributed by atoms with Gasteiger partial charge in [-0.25, -0.2) is 0 Å². The summed E-state index contributed by atoms with van der Waals surface area (Å²) in [5.41, 5.74) is -1.92. The van der Waals surface area contributed by atoms with E-state index < -0.39 is 74.8 Å². The highest BCUT2D eigenvalue weighted by Crippen LogP contribution is 2.30. The number of non-ortho nitro benzene ring substituents is 2. The molecule has 0 heterocycles. The molecule has 142 valence electrons. The molecule has 0 N–H and O–H groups in total. The van der Waals surface area contributed by atoms with E-state index in [2.05, 4.69) is 0 Å². The van der Waals surface area contributed by atoms with E-state index in [0.29, 0.717) is 6.07 Å². The van der Waals surface area contributed by atoms with Crippen LogP contribution in [0.25, 0.3) is 0 Å². The second-order valence-electron chi connectivity index (χ2n) is 5.84. The summed E-state index contributed by atoms with van der Waals surface area (Å²) in [6.07, 6.45) is -0.782. The summed E-state index contributed by atoms with van der Waals surface area (Å²) in [6.45, 7) is 1.63. The van der Waals surface area contributed by atoms with Crippen molar-refractivity contribution in [1.82, 2.24) is 0 Å². The second-order valence-corrected chi connectivity index (χ2v) is 5.84. The lowest BCUT2D eigenvalue weighted by Gasteiger charge is -2.24. The van der Waals surface area contributed by atoms with Crippen LogP contribution in [0, 0.1) is 32.1 Å². The third-order valence-corrected chi connectivity index (χ3v) is 4.03. The molecule has 1 aliphatic carbocycles. The molecule has 1 fully saturated rings. The van der Waals surface area contributed by atoms with Crippen molar-refractivity contribution in [3.8, 4) is 0 Å². The zero-order chi connectivity index (χ0) is 20.3. The van der Waals surface area contributed by atoms with Gasteiger partial charge in [0.2, 0.25) is 0 Å². The maximum Gasteiger partial charge on any atom is 0.309 e. The maximum atomic E-state index is 12.6. The van der Waals surface area contributed by atoms with Crippen LogP contribution in [-0.4, -0.2) is 39.8 Å². The molecule has 0 spiro atoms. The number of carbonyl (C=O) groups excluding carboxylic acids is 4. The SMILES string of the molecule is CCOC(=O)C1CC(=O)C(C(=O)c2cc([N+](=O)[O-])cc([N+](=O)[O-])c2)C(=O)C1. The van der Waals surface area contributed by atoms with E-state index in [0.717, 1.165) is 12.1 Å². The smallest absolute Gasteiger partial charge is 0.309 e. The van der Waals surface area contributed by atoms with Gasteiger partial charge < -0.3 is 4.74 Å². The average molecular weight is 378 g/mol. The van der Waals surface area contributed by atoms with Gasteiger partial charge in [-0.1, -0.05) is 0 Å². The molecule has 1 aromatic rings. The molecule has 0 atom stereocenters. The van der Waals surface area contributed by atoms with Gasteiger partial charge in [-0.3, -0.25) is 39.4 Å². The average Bonchev–Trinajstić information content (AvgIpc) is 2.60. The largest absolute Gasteiger partial charge is 0.466 e. The number of nitrogens with zero attached hydrogens (tertiary/aromatic N) is 2. The number of hydrogen-bond acceptors (Lipinski definition) is 9. The van der Waals surface area contributed by atoms with E-state index >= 15 is 0 Å². The van der Waals surface area contributed by atoms with Crippen molar-refractivity contribution in [2.75, 3.05) is 6.61 Å². The molecule has 2 rings (SSSR count). The van der Waals surface area contributed by atoms with Crippen LogP contribution in [0.2, 0.25) is 0 Å². The fourth-order valence-electron chi connectivity index (χ4n) is 2.81. The lowest BCUT2D eigenvalue weighted by molar-refractivity contribution is -0.394. The summed E-state index contributed by atoms with van der Waals surface area (Å²) in [4.78, 5) is 68.8. The highest BCUT2D eigenvalue weighted by Gasteiger charge is 2.43. The fourth-order valence-corrected chi connectivity index (χ4v) is 2.81. The first-order valence-electron chi connectivity index (χ1n) is 7.85. The number of hydrogen-bond donors (Lipinski definition) is 0. The standard InChI is InChI=1S/C16H14N2O9/c1-2-27-16(22)9-5-12(19)14(13(20)6-9)15(21)8-3-10(17(23)24)7-11(4-8)18(25)26/h3-4,7,9,14H,2,5-6H2,1H3. The Morgan fingerprint density at radius 1 is 1.04 bits per heavy atom. The van der Waals surface area contributed by atoms with Gasteiger partial charge >= 0.3 is 5.97 Å². The van der Waals surface area contributed by atoms with E-state index in [1.54, 1.807) is 6.92 Å². The number of ketones is 3. The van der Waals surface area contributed by atoms with Gasteiger partial charge in [0.1, 0.15) is 5.92 Å². The summed E-state index contributed by atoms with van der Waals surface area (Å²) in [5.74, 6) is -6.20. The van der Waals surface area contributed by atoms with Crippen molar-refractivity contribution in [2.45, 2.75) is 19.8 Å². The normalized spacial score (nSPS) is 19.4. The predicted molar refractivity (Wildman–Crippen MR) is 86.9 cm³/mol. The minimum Gasteiger partial charge on any atom is -0.466 e. The summed E-state index contributed by atoms with van der Waals surface area (Å²) in [5, 5.41) is 21.8. The van der Waals surface area contributed by atoms with Gasteiger partial charge in [0, 0.05) is 30.5 Å². The van der Waals surface area contributed by atoms with Gasteiger partial charge in [0.15, 0.2) is 17.3 Å². The molecule has 11 nitrogen and oxygen atoms in total. The number of nitro groups is 2. The first kappa shape index (κ1) is 19.8. The van der Waals surface area contributed by atoms with Crippen LogP contribution >= 0.6 is 0 Å². The van der Waals surface area contributed by atoms with Crippen LogP contribution in [0.1, 0.15) is 30.1 Å². The van der Waals surface area contributed by atoms with Crippen molar-refractivity contribution < 1.29 is 33.8 Å². The number of carbonyl (C=O) groups is 4. The maximum absolute atomic E-state index is 12.6. The molecule has 0 unspecified atom stereocenters. The first-order valence-corrected chi connectivity index (χ1v) is 7.85. The Hall–Kier alpha value is -3.50. The summed E-state index contributed by atoms with van der Waals surface area (Å²) in [7, 11) is 0. The minimum absolute atomic E-state index is 0.0669. The van der Waals surface area contributed by atoms with Gasteiger partial charge in [-0.05, 0) is 6.92 Å². The molecule has 0 aliphatic heterocycles. The van der Waals surface area contributed by atoms with E-state index in [1.807, 2.05) is 0 Å². The lowest BCUT2D eigenvalue weighted by Crippen LogP contribution is -2.41. The zero-order valence-electron chi connectivity index (χ0n) is 14.1. The van der Waals surface area contributed by atoms with Crippen molar-refractivity contribution in [1.29, 1.82) is 0 Å². The van der Waals surface area contributed by atoms with Crippen molar-refractivity contribution in [3.63, 3.8) is 0 Å². The van der Waals surface area contributed by atoms with Crippen LogP contribution in [0.15, 0.2) is 18.2 Å². The van der Waals surface area contributed by atoms with E-state index in [4.69, 9.17) is 4.74 Å². The fraction of sp³-hybridized carbons (Fsp3) is 0.375. The summed E-state index contributed by atoms with van der Waals surface area (Å²) < 4.78 is 4.76. The lowest BCUT2D eigenvalue weighted by atomic mass is 9.76. The molecule has 1 aromatic carbocycles. The number of rotatable bonds is 6. The van der Waals surface area contributed by atoms with Gasteiger partial charge in [-0.15, -0.1) is 0 Å². The Morgan fingerprint density at radius 3 is 1.93 bits per heavy atom. The van der Waals surface area contributed by atoms with Crippen LogP contribution in [-0.2, 0) is 19.1 Å². The van der Waals surface area contributed by atoms with Crippen molar-refractivity contribution in [2.24, 2.45) is 11.8 Å². The van der Waals surface area contributed by atoms with E-state index in [-0.39, 0.29) is 6.61 Å². The highest BCUT2D eigenvalue weighted by molar-refractivity contribution is 6.26. The van der Waals surface area contributed by atoms with Crippen LogP contribution < -0.4 is 0 Å². The van der Waals surface area contributed by atoms with E-state index in [9.17, 15) is 39.4 Å². The van der Waals surface area contributed by atoms with Gasteiger partial charge in [0.05, 0.1) is 28.4 Å². The van der Waals surface area contributed by atoms with Crippen molar-refractivity contribution >= 4 is 34.7 Å². The monoisotopic (exact) mass is 378 g/mol. The molecule has 1 aliphatic rings. The number of nitro benzene ring substituents is 2. The first-order chi connectivity index (χ1) is 12.6. The third kappa shape index (κ3) is 4.19. The number of benzene rings is 1. The molecule has 0 aromatic heterocycles. The summed E-state index contributed by atoms with van der Waals surface area (Å²) in [6, 6.07) is 2.21. The predicted octanol–water partition coefficient (Wildman–Crippen LogP) is 1.41. The molecule has 0 bridgehead atoms.